The van der Waals surface area contributed by atoms with Crippen molar-refractivity contribution < 1.29 is 14.0 Å². The summed E-state index contributed by atoms with van der Waals surface area (Å²) in [5, 5.41) is 11.1. The van der Waals surface area contributed by atoms with Crippen LogP contribution in [-0.4, -0.2) is 42.4 Å². The molecule has 0 aliphatic carbocycles. The quantitative estimate of drug-likeness (QED) is 0.382. The van der Waals surface area contributed by atoms with Gasteiger partial charge in [-0.05, 0) is 50.2 Å². The van der Waals surface area contributed by atoms with Gasteiger partial charge >= 0.3 is 0 Å². The van der Waals surface area contributed by atoms with Crippen LogP contribution in [0.4, 0.5) is 0 Å². The van der Waals surface area contributed by atoms with Crippen molar-refractivity contribution >= 4 is 17.6 Å². The minimum atomic E-state index is -0.111. The third kappa shape index (κ3) is 6.62. The summed E-state index contributed by atoms with van der Waals surface area (Å²) in [6, 6.07) is 14.8. The van der Waals surface area contributed by atoms with E-state index >= 15 is 0 Å². The zero-order chi connectivity index (χ0) is 22.1. The van der Waals surface area contributed by atoms with Crippen molar-refractivity contribution in [2.45, 2.75) is 26.5 Å². The maximum atomic E-state index is 5.97. The van der Waals surface area contributed by atoms with E-state index in [1.165, 1.54) is 0 Å². The molecule has 9 heteroatoms. The predicted molar refractivity (Wildman–Crippen MR) is 121 cm³/mol. The number of aromatic nitrogens is 2. The molecule has 1 aromatic heterocycles. The van der Waals surface area contributed by atoms with Crippen LogP contribution in [-0.2, 0) is 6.54 Å². The van der Waals surface area contributed by atoms with E-state index in [0.717, 1.165) is 5.56 Å². The lowest BCUT2D eigenvalue weighted by molar-refractivity contribution is 0.213. The first-order valence-corrected chi connectivity index (χ1v) is 10.4. The molecule has 3 rings (SSSR count). The van der Waals surface area contributed by atoms with Gasteiger partial charge in [-0.3, -0.25) is 0 Å². The molecule has 3 aromatic rings. The number of nitrogens with one attached hydrogen (secondary N) is 2. The zero-order valence-corrected chi connectivity index (χ0v) is 18.5. The van der Waals surface area contributed by atoms with Crippen molar-refractivity contribution in [3.8, 4) is 22.9 Å². The zero-order valence-electron chi connectivity index (χ0n) is 17.8. The van der Waals surface area contributed by atoms with E-state index in [9.17, 15) is 0 Å². The number of hydrogen-bond acceptors (Lipinski definition) is 6. The van der Waals surface area contributed by atoms with E-state index in [1.807, 2.05) is 50.2 Å². The lowest BCUT2D eigenvalue weighted by Crippen LogP contribution is -2.41. The van der Waals surface area contributed by atoms with Crippen LogP contribution >= 0.6 is 11.6 Å². The van der Waals surface area contributed by atoms with E-state index in [4.69, 9.17) is 25.6 Å². The van der Waals surface area contributed by atoms with Crippen LogP contribution in [0.3, 0.4) is 0 Å². The number of hydrogen-bond donors (Lipinski definition) is 2. The Morgan fingerprint density at radius 1 is 1.13 bits per heavy atom. The topological polar surface area (TPSA) is 93.8 Å². The Kier molecular flexibility index (Phi) is 8.12. The molecule has 1 atom stereocenters. The minimum absolute atomic E-state index is 0.111. The minimum Gasteiger partial charge on any atom is -0.493 e. The summed E-state index contributed by atoms with van der Waals surface area (Å²) in [5.41, 5.74) is 0.829. The number of ether oxygens (including phenoxy) is 2. The molecule has 164 valence electrons. The molecule has 0 fully saturated rings. The molecule has 1 unspecified atom stereocenters. The van der Waals surface area contributed by atoms with Crippen LogP contribution in [0.2, 0.25) is 5.02 Å². The second-order valence-electron chi connectivity index (χ2n) is 6.67. The first-order valence-electron chi connectivity index (χ1n) is 9.99. The number of halogens is 1. The van der Waals surface area contributed by atoms with Gasteiger partial charge in [-0.25, -0.2) is 4.99 Å². The lowest BCUT2D eigenvalue weighted by atomic mass is 10.2. The number of benzene rings is 2. The Morgan fingerprint density at radius 3 is 2.58 bits per heavy atom. The standard InChI is InChI=1S/C22H26ClN5O3/c1-4-24-22(25-13-15(2)30-19-8-6-5-7-18(19)29-3)26-14-20-27-21(28-31-20)16-9-11-17(23)12-10-16/h5-12,15H,4,13-14H2,1-3H3,(H2,24,25,26). The molecule has 0 spiro atoms. The van der Waals surface area contributed by atoms with E-state index in [-0.39, 0.29) is 12.6 Å². The molecule has 2 aromatic carbocycles. The molecular weight excluding hydrogens is 418 g/mol. The fraction of sp³-hybridized carbons (Fsp3) is 0.318. The van der Waals surface area contributed by atoms with Crippen molar-refractivity contribution in [1.29, 1.82) is 0 Å². The van der Waals surface area contributed by atoms with Crippen molar-refractivity contribution in [1.82, 2.24) is 20.8 Å². The van der Waals surface area contributed by atoms with Gasteiger partial charge in [0.1, 0.15) is 12.6 Å². The first-order chi connectivity index (χ1) is 15.1. The van der Waals surface area contributed by atoms with Crippen LogP contribution in [0, 0.1) is 0 Å². The average Bonchev–Trinajstić information content (AvgIpc) is 3.25. The molecule has 0 radical (unpaired) electrons. The molecular formula is C22H26ClN5O3. The van der Waals surface area contributed by atoms with Crippen molar-refractivity contribution in [3.05, 3.63) is 59.4 Å². The van der Waals surface area contributed by atoms with Crippen LogP contribution < -0.4 is 20.1 Å². The number of guanidine groups is 1. The Hall–Kier alpha value is -3.26. The second-order valence-corrected chi connectivity index (χ2v) is 7.11. The SMILES string of the molecule is CCNC(=NCc1nc(-c2ccc(Cl)cc2)no1)NCC(C)Oc1ccccc1OC. The highest BCUT2D eigenvalue weighted by atomic mass is 35.5. The molecule has 31 heavy (non-hydrogen) atoms. The molecule has 0 saturated carbocycles. The summed E-state index contributed by atoms with van der Waals surface area (Å²) in [4.78, 5) is 8.90. The van der Waals surface area contributed by atoms with Crippen LogP contribution in [0.25, 0.3) is 11.4 Å². The molecule has 0 amide bonds. The second kappa shape index (κ2) is 11.2. The molecule has 0 aliphatic rings. The van der Waals surface area contributed by atoms with Gasteiger partial charge in [0.15, 0.2) is 17.5 Å². The summed E-state index contributed by atoms with van der Waals surface area (Å²) in [5.74, 6) is 2.94. The number of methoxy groups -OCH3 is 1. The van der Waals surface area contributed by atoms with Gasteiger partial charge in [0.2, 0.25) is 11.7 Å². The van der Waals surface area contributed by atoms with E-state index < -0.39 is 0 Å². The molecule has 2 N–H and O–H groups in total. The van der Waals surface area contributed by atoms with Gasteiger partial charge < -0.3 is 24.6 Å². The number of para-hydroxylation sites is 2. The molecule has 0 saturated heterocycles. The number of rotatable bonds is 9. The smallest absolute Gasteiger partial charge is 0.248 e. The highest BCUT2D eigenvalue weighted by Gasteiger charge is 2.11. The third-order valence-corrected chi connectivity index (χ3v) is 4.49. The van der Waals surface area contributed by atoms with Gasteiger partial charge in [0, 0.05) is 17.1 Å². The Morgan fingerprint density at radius 2 is 1.87 bits per heavy atom. The highest BCUT2D eigenvalue weighted by Crippen LogP contribution is 2.26. The Labute approximate surface area is 186 Å². The predicted octanol–water partition coefficient (Wildman–Crippen LogP) is 3.92. The number of nitrogens with zero attached hydrogens (tertiary/aromatic N) is 3. The lowest BCUT2D eigenvalue weighted by Gasteiger charge is -2.18. The van der Waals surface area contributed by atoms with E-state index in [0.29, 0.717) is 47.3 Å². The van der Waals surface area contributed by atoms with Crippen LogP contribution in [0.5, 0.6) is 11.5 Å². The monoisotopic (exact) mass is 443 g/mol. The summed E-state index contributed by atoms with van der Waals surface area (Å²) < 4.78 is 16.6. The first kappa shape index (κ1) is 22.4. The maximum Gasteiger partial charge on any atom is 0.248 e. The van der Waals surface area contributed by atoms with Gasteiger partial charge in [0.25, 0.3) is 0 Å². The average molecular weight is 444 g/mol. The highest BCUT2D eigenvalue weighted by molar-refractivity contribution is 6.30. The summed E-state index contributed by atoms with van der Waals surface area (Å²) >= 11 is 5.92. The summed E-state index contributed by atoms with van der Waals surface area (Å²) in [7, 11) is 1.62. The molecule has 1 heterocycles. The third-order valence-electron chi connectivity index (χ3n) is 4.24. The van der Waals surface area contributed by atoms with Gasteiger partial charge in [-0.15, -0.1) is 0 Å². The van der Waals surface area contributed by atoms with Gasteiger partial charge in [-0.1, -0.05) is 28.9 Å². The fourth-order valence-corrected chi connectivity index (χ4v) is 2.86. The van der Waals surface area contributed by atoms with Crippen molar-refractivity contribution in [2.75, 3.05) is 20.2 Å². The van der Waals surface area contributed by atoms with Gasteiger partial charge in [0.05, 0.1) is 13.7 Å². The van der Waals surface area contributed by atoms with Crippen molar-refractivity contribution in [3.63, 3.8) is 0 Å². The Bertz CT molecular complexity index is 991. The van der Waals surface area contributed by atoms with Crippen LogP contribution in [0.1, 0.15) is 19.7 Å². The molecule has 0 aliphatic heterocycles. The normalized spacial score (nSPS) is 12.3. The molecule has 8 nitrogen and oxygen atoms in total. The Balaban J connectivity index is 1.57. The van der Waals surface area contributed by atoms with E-state index in [1.54, 1.807) is 19.2 Å². The van der Waals surface area contributed by atoms with Crippen molar-refractivity contribution in [2.24, 2.45) is 4.99 Å². The van der Waals surface area contributed by atoms with E-state index in [2.05, 4.69) is 25.8 Å². The van der Waals surface area contributed by atoms with Crippen LogP contribution in [0.15, 0.2) is 58.0 Å². The molecule has 0 bridgehead atoms. The largest absolute Gasteiger partial charge is 0.493 e. The fourth-order valence-electron chi connectivity index (χ4n) is 2.74. The number of aliphatic imine (C=N–C) groups is 1. The summed E-state index contributed by atoms with van der Waals surface area (Å²) in [6.07, 6.45) is -0.111. The van der Waals surface area contributed by atoms with Gasteiger partial charge in [-0.2, -0.15) is 4.98 Å². The summed E-state index contributed by atoms with van der Waals surface area (Å²) in [6.45, 7) is 5.48. The maximum absolute atomic E-state index is 5.97.